The minimum absolute atomic E-state index is 0.129. The molecule has 7 nitrogen and oxygen atoms in total. The average molecular weight is 302 g/mol. The fourth-order valence-corrected chi connectivity index (χ4v) is 1.55. The Kier molecular flexibility index (Phi) is 9.16. The number of carbonyl (C=O) groups is 3. The monoisotopic (exact) mass is 302 g/mol. The van der Waals surface area contributed by atoms with E-state index in [0.29, 0.717) is 12.5 Å². The highest BCUT2D eigenvalue weighted by molar-refractivity contribution is 5.85. The summed E-state index contributed by atoms with van der Waals surface area (Å²) >= 11 is 0. The largest absolute Gasteiger partial charge is 0.464 e. The lowest BCUT2D eigenvalue weighted by Gasteiger charge is -2.20. The first-order valence-electron chi connectivity index (χ1n) is 6.96. The van der Waals surface area contributed by atoms with Crippen LogP contribution in [-0.4, -0.2) is 68.7 Å². The number of methoxy groups -OCH3 is 1. The zero-order chi connectivity index (χ0) is 16.4. The highest BCUT2D eigenvalue weighted by Gasteiger charge is 2.18. The molecule has 0 aromatic carbocycles. The summed E-state index contributed by atoms with van der Waals surface area (Å²) in [6.07, 6.45) is 1.20. The van der Waals surface area contributed by atoms with E-state index in [9.17, 15) is 14.4 Å². The van der Waals surface area contributed by atoms with Crippen molar-refractivity contribution >= 4 is 18.0 Å². The molecular weight excluding hydrogens is 276 g/mol. The number of esters is 1. The minimum Gasteiger partial charge on any atom is -0.464 e. The molecular formula is C14H26N2O5. The van der Waals surface area contributed by atoms with Crippen molar-refractivity contribution in [3.8, 4) is 0 Å². The van der Waals surface area contributed by atoms with Crippen molar-refractivity contribution < 1.29 is 23.9 Å². The van der Waals surface area contributed by atoms with Gasteiger partial charge in [-0.05, 0) is 18.8 Å². The summed E-state index contributed by atoms with van der Waals surface area (Å²) in [6.45, 7) is 4.29. The minimum atomic E-state index is -0.604. The summed E-state index contributed by atoms with van der Waals surface area (Å²) in [4.78, 5) is 36.9. The van der Waals surface area contributed by atoms with Gasteiger partial charge in [0.1, 0.15) is 13.1 Å². The van der Waals surface area contributed by atoms with Gasteiger partial charge in [-0.15, -0.1) is 0 Å². The molecule has 2 amide bonds. The topological polar surface area (TPSA) is 76.2 Å². The van der Waals surface area contributed by atoms with Crippen LogP contribution >= 0.6 is 0 Å². The standard InChI is InChI=1S/C14H26N2O5/c1-11(2)7-6-8-21-13(18)10-15(3)12(17)9-16(4)14(19)20-5/h11H,6-10H2,1-5H3. The van der Waals surface area contributed by atoms with Gasteiger partial charge < -0.3 is 19.3 Å². The Hall–Kier alpha value is -1.79. The number of amides is 2. The fraction of sp³-hybridized carbons (Fsp3) is 0.786. The van der Waals surface area contributed by atoms with Gasteiger partial charge in [0, 0.05) is 14.1 Å². The van der Waals surface area contributed by atoms with Crippen molar-refractivity contribution in [2.75, 3.05) is 40.9 Å². The fourth-order valence-electron chi connectivity index (χ4n) is 1.55. The van der Waals surface area contributed by atoms with Gasteiger partial charge in [-0.2, -0.15) is 0 Å². The molecule has 0 aromatic heterocycles. The summed E-state index contributed by atoms with van der Waals surface area (Å²) in [5.74, 6) is -0.237. The Morgan fingerprint density at radius 2 is 1.67 bits per heavy atom. The molecule has 0 heterocycles. The van der Waals surface area contributed by atoms with Crippen LogP contribution < -0.4 is 0 Å². The Labute approximate surface area is 126 Å². The van der Waals surface area contributed by atoms with E-state index in [1.54, 1.807) is 0 Å². The number of hydrogen-bond donors (Lipinski definition) is 0. The molecule has 0 fully saturated rings. The van der Waals surface area contributed by atoms with E-state index in [1.807, 2.05) is 0 Å². The quantitative estimate of drug-likeness (QED) is 0.496. The Morgan fingerprint density at radius 3 is 2.19 bits per heavy atom. The summed E-state index contributed by atoms with van der Waals surface area (Å²) in [5.41, 5.74) is 0. The summed E-state index contributed by atoms with van der Waals surface area (Å²) in [5, 5.41) is 0. The van der Waals surface area contributed by atoms with Gasteiger partial charge in [0.15, 0.2) is 0 Å². The third kappa shape index (κ3) is 8.88. The van der Waals surface area contributed by atoms with Crippen LogP contribution in [-0.2, 0) is 19.1 Å². The van der Waals surface area contributed by atoms with Crippen LogP contribution in [0.2, 0.25) is 0 Å². The molecule has 122 valence electrons. The van der Waals surface area contributed by atoms with Crippen molar-refractivity contribution in [1.29, 1.82) is 0 Å². The van der Waals surface area contributed by atoms with Crippen molar-refractivity contribution in [2.45, 2.75) is 26.7 Å². The second-order valence-electron chi connectivity index (χ2n) is 5.33. The number of ether oxygens (including phenoxy) is 2. The Balaban J connectivity index is 4.00. The van der Waals surface area contributed by atoms with Crippen LogP contribution in [0.25, 0.3) is 0 Å². The molecule has 0 aliphatic rings. The maximum Gasteiger partial charge on any atom is 0.409 e. The molecule has 7 heteroatoms. The van der Waals surface area contributed by atoms with Gasteiger partial charge in [-0.25, -0.2) is 4.79 Å². The van der Waals surface area contributed by atoms with Crippen LogP contribution in [0.15, 0.2) is 0 Å². The third-order valence-electron chi connectivity index (χ3n) is 2.84. The van der Waals surface area contributed by atoms with Gasteiger partial charge in [-0.1, -0.05) is 13.8 Å². The molecule has 0 aliphatic heterocycles. The lowest BCUT2D eigenvalue weighted by Crippen LogP contribution is -2.41. The van der Waals surface area contributed by atoms with E-state index >= 15 is 0 Å². The van der Waals surface area contributed by atoms with E-state index < -0.39 is 12.1 Å². The molecule has 0 bridgehead atoms. The van der Waals surface area contributed by atoms with Crippen LogP contribution in [0.4, 0.5) is 4.79 Å². The number of likely N-dealkylation sites (N-methyl/N-ethyl adjacent to an activating group) is 2. The molecule has 0 radical (unpaired) electrons. The van der Waals surface area contributed by atoms with Crippen LogP contribution in [0.3, 0.4) is 0 Å². The molecule has 0 saturated heterocycles. The second-order valence-corrected chi connectivity index (χ2v) is 5.33. The molecule has 0 aliphatic carbocycles. The number of hydrogen-bond acceptors (Lipinski definition) is 5. The Bertz CT molecular complexity index is 357. The third-order valence-corrected chi connectivity index (χ3v) is 2.84. The van der Waals surface area contributed by atoms with Gasteiger partial charge in [0.25, 0.3) is 0 Å². The zero-order valence-corrected chi connectivity index (χ0v) is 13.5. The average Bonchev–Trinajstić information content (AvgIpc) is 2.42. The molecule has 0 atom stereocenters. The van der Waals surface area contributed by atoms with Crippen molar-refractivity contribution in [2.24, 2.45) is 5.92 Å². The van der Waals surface area contributed by atoms with Gasteiger partial charge in [0.05, 0.1) is 13.7 Å². The van der Waals surface area contributed by atoms with Crippen LogP contribution in [0, 0.1) is 5.92 Å². The number of carbonyl (C=O) groups excluding carboxylic acids is 3. The molecule has 0 unspecified atom stereocenters. The predicted molar refractivity (Wildman–Crippen MR) is 77.7 cm³/mol. The van der Waals surface area contributed by atoms with Crippen LogP contribution in [0.5, 0.6) is 0 Å². The molecule has 0 spiro atoms. The zero-order valence-electron chi connectivity index (χ0n) is 13.5. The molecule has 0 saturated carbocycles. The number of rotatable bonds is 8. The Morgan fingerprint density at radius 1 is 1.05 bits per heavy atom. The van der Waals surface area contributed by atoms with Gasteiger partial charge in [0.2, 0.25) is 5.91 Å². The normalized spacial score (nSPS) is 10.2. The summed E-state index contributed by atoms with van der Waals surface area (Å²) in [7, 11) is 4.17. The van der Waals surface area contributed by atoms with Crippen molar-refractivity contribution in [1.82, 2.24) is 9.80 Å². The van der Waals surface area contributed by atoms with E-state index in [0.717, 1.165) is 17.7 Å². The highest BCUT2D eigenvalue weighted by Crippen LogP contribution is 2.03. The molecule has 0 N–H and O–H groups in total. The molecule has 21 heavy (non-hydrogen) atoms. The van der Waals surface area contributed by atoms with Crippen molar-refractivity contribution in [3.05, 3.63) is 0 Å². The lowest BCUT2D eigenvalue weighted by molar-refractivity contribution is -0.148. The first-order chi connectivity index (χ1) is 9.77. The van der Waals surface area contributed by atoms with Crippen molar-refractivity contribution in [3.63, 3.8) is 0 Å². The van der Waals surface area contributed by atoms with E-state index in [4.69, 9.17) is 4.74 Å². The summed E-state index contributed by atoms with van der Waals surface area (Å²) < 4.78 is 9.53. The smallest absolute Gasteiger partial charge is 0.409 e. The first kappa shape index (κ1) is 19.2. The second kappa shape index (κ2) is 10.0. The summed E-state index contributed by atoms with van der Waals surface area (Å²) in [6, 6.07) is 0. The van der Waals surface area contributed by atoms with Gasteiger partial charge >= 0.3 is 12.1 Å². The van der Waals surface area contributed by atoms with E-state index in [-0.39, 0.29) is 19.0 Å². The maximum absolute atomic E-state index is 11.8. The number of nitrogens with zero attached hydrogens (tertiary/aromatic N) is 2. The lowest BCUT2D eigenvalue weighted by atomic mass is 10.1. The SMILES string of the molecule is COC(=O)N(C)CC(=O)N(C)CC(=O)OCCCC(C)C. The predicted octanol–water partition coefficient (Wildman–Crippen LogP) is 1.12. The van der Waals surface area contributed by atoms with E-state index in [1.165, 1.54) is 26.1 Å². The van der Waals surface area contributed by atoms with Crippen LogP contribution in [0.1, 0.15) is 26.7 Å². The highest BCUT2D eigenvalue weighted by atomic mass is 16.5. The molecule has 0 rings (SSSR count). The molecule has 0 aromatic rings. The van der Waals surface area contributed by atoms with E-state index in [2.05, 4.69) is 18.6 Å². The maximum atomic E-state index is 11.8. The first-order valence-corrected chi connectivity index (χ1v) is 6.96. The van der Waals surface area contributed by atoms with Gasteiger partial charge in [-0.3, -0.25) is 9.59 Å².